The minimum atomic E-state index is -4.53. The van der Waals surface area contributed by atoms with E-state index in [0.717, 1.165) is 24.3 Å². The summed E-state index contributed by atoms with van der Waals surface area (Å²) in [6.07, 6.45) is -6.36. The number of hydrogen-bond acceptors (Lipinski definition) is 4. The summed E-state index contributed by atoms with van der Waals surface area (Å²) in [5, 5.41) is 20.7. The van der Waals surface area contributed by atoms with Gasteiger partial charge in [-0.05, 0) is 23.6 Å². The van der Waals surface area contributed by atoms with Crippen LogP contribution in [0.25, 0.3) is 0 Å². The Morgan fingerprint density at radius 3 is 2.29 bits per heavy atom. The van der Waals surface area contributed by atoms with Gasteiger partial charge in [0, 0.05) is 6.42 Å². The first-order valence-corrected chi connectivity index (χ1v) is 6.89. The summed E-state index contributed by atoms with van der Waals surface area (Å²) in [4.78, 5) is 23.3. The molecule has 0 spiro atoms. The highest BCUT2D eigenvalue weighted by molar-refractivity contribution is 5.89. The van der Waals surface area contributed by atoms with E-state index in [1.807, 2.05) is 6.07 Å². The standard InChI is InChI=1S/C15H16F3N3O3/c1-8(6-7-19)11(13(20)23)21-14(24)12(22)9-2-4-10(5-3-9)15(16,17)18/h2-5,8,11-12,22H,6H2,1H3,(H2,20,23)(H,21,24)/t8-,11-,12+/m0/s1. The van der Waals surface area contributed by atoms with Crippen LogP contribution in [0, 0.1) is 17.2 Å². The fourth-order valence-electron chi connectivity index (χ4n) is 1.99. The number of rotatable bonds is 6. The van der Waals surface area contributed by atoms with E-state index in [0.29, 0.717) is 0 Å². The number of nitriles is 1. The van der Waals surface area contributed by atoms with Crippen LogP contribution in [-0.2, 0) is 15.8 Å². The van der Waals surface area contributed by atoms with Gasteiger partial charge in [-0.3, -0.25) is 9.59 Å². The van der Waals surface area contributed by atoms with Gasteiger partial charge in [-0.1, -0.05) is 19.1 Å². The highest BCUT2D eigenvalue weighted by Gasteiger charge is 2.31. The maximum absolute atomic E-state index is 12.5. The molecule has 0 bridgehead atoms. The van der Waals surface area contributed by atoms with Gasteiger partial charge in [-0.15, -0.1) is 0 Å². The van der Waals surface area contributed by atoms with Crippen LogP contribution in [-0.4, -0.2) is 23.0 Å². The van der Waals surface area contributed by atoms with E-state index in [-0.39, 0.29) is 12.0 Å². The molecular weight excluding hydrogens is 327 g/mol. The quantitative estimate of drug-likeness (QED) is 0.721. The Kier molecular flexibility index (Phi) is 6.31. The molecule has 4 N–H and O–H groups in total. The number of nitrogens with two attached hydrogens (primary N) is 1. The van der Waals surface area contributed by atoms with Gasteiger partial charge < -0.3 is 16.2 Å². The molecule has 0 aliphatic carbocycles. The maximum atomic E-state index is 12.5. The van der Waals surface area contributed by atoms with Crippen LogP contribution in [0.3, 0.4) is 0 Å². The third kappa shape index (κ3) is 4.96. The zero-order chi connectivity index (χ0) is 18.5. The summed E-state index contributed by atoms with van der Waals surface area (Å²) in [7, 11) is 0. The normalized spacial score (nSPS) is 15.0. The third-order valence-corrected chi connectivity index (χ3v) is 3.39. The molecule has 0 radical (unpaired) electrons. The van der Waals surface area contributed by atoms with Crippen molar-refractivity contribution in [2.24, 2.45) is 11.7 Å². The Morgan fingerprint density at radius 2 is 1.88 bits per heavy atom. The first-order chi connectivity index (χ1) is 11.1. The highest BCUT2D eigenvalue weighted by Crippen LogP contribution is 2.30. The molecule has 0 aliphatic heterocycles. The molecular formula is C15H16F3N3O3. The van der Waals surface area contributed by atoms with Crippen LogP contribution in [0.15, 0.2) is 24.3 Å². The largest absolute Gasteiger partial charge is 0.416 e. The first kappa shape index (κ1) is 19.4. The number of carbonyl (C=O) groups excluding carboxylic acids is 2. The second-order valence-corrected chi connectivity index (χ2v) is 5.25. The topological polar surface area (TPSA) is 116 Å². The van der Waals surface area contributed by atoms with Gasteiger partial charge >= 0.3 is 6.18 Å². The van der Waals surface area contributed by atoms with E-state index in [2.05, 4.69) is 5.32 Å². The molecule has 0 aliphatic rings. The Bertz CT molecular complexity index is 638. The van der Waals surface area contributed by atoms with E-state index in [9.17, 15) is 27.9 Å². The van der Waals surface area contributed by atoms with E-state index in [1.54, 1.807) is 0 Å². The molecule has 6 nitrogen and oxygen atoms in total. The zero-order valence-electron chi connectivity index (χ0n) is 12.7. The molecule has 1 aromatic carbocycles. The van der Waals surface area contributed by atoms with Crippen molar-refractivity contribution < 1.29 is 27.9 Å². The number of hydrogen-bond donors (Lipinski definition) is 3. The number of benzene rings is 1. The highest BCUT2D eigenvalue weighted by atomic mass is 19.4. The first-order valence-electron chi connectivity index (χ1n) is 6.89. The zero-order valence-corrected chi connectivity index (χ0v) is 12.7. The Morgan fingerprint density at radius 1 is 1.33 bits per heavy atom. The lowest BCUT2D eigenvalue weighted by Gasteiger charge is -2.22. The van der Waals surface area contributed by atoms with Crippen LogP contribution in [0.5, 0.6) is 0 Å². The SMILES string of the molecule is C[C@@H](CC#N)[C@H](NC(=O)[C@H](O)c1ccc(C(F)(F)F)cc1)C(N)=O. The van der Waals surface area contributed by atoms with E-state index < -0.39 is 41.6 Å². The minimum absolute atomic E-state index is 0.0513. The molecule has 0 fully saturated rings. The van der Waals surface area contributed by atoms with Crippen molar-refractivity contribution in [2.45, 2.75) is 31.7 Å². The molecule has 0 aromatic heterocycles. The number of amides is 2. The van der Waals surface area contributed by atoms with Crippen LogP contribution in [0.1, 0.15) is 30.6 Å². The third-order valence-electron chi connectivity index (χ3n) is 3.39. The van der Waals surface area contributed by atoms with Gasteiger partial charge in [0.2, 0.25) is 5.91 Å². The number of nitrogens with zero attached hydrogens (tertiary/aromatic N) is 1. The molecule has 1 rings (SSSR count). The van der Waals surface area contributed by atoms with E-state index in [4.69, 9.17) is 11.0 Å². The smallest absolute Gasteiger partial charge is 0.378 e. The Balaban J connectivity index is 2.86. The number of nitrogens with one attached hydrogen (secondary N) is 1. The van der Waals surface area contributed by atoms with Gasteiger partial charge in [0.15, 0.2) is 6.10 Å². The van der Waals surface area contributed by atoms with Crippen LogP contribution in [0.2, 0.25) is 0 Å². The lowest BCUT2D eigenvalue weighted by Crippen LogP contribution is -2.49. The summed E-state index contributed by atoms with van der Waals surface area (Å²) in [6.45, 7) is 1.52. The molecule has 3 atom stereocenters. The van der Waals surface area contributed by atoms with E-state index >= 15 is 0 Å². The lowest BCUT2D eigenvalue weighted by atomic mass is 9.97. The van der Waals surface area contributed by atoms with Crippen molar-refractivity contribution in [1.29, 1.82) is 5.26 Å². The summed E-state index contributed by atoms with van der Waals surface area (Å²) in [5.41, 5.74) is 4.16. The molecule has 1 aromatic rings. The summed E-state index contributed by atoms with van der Waals surface area (Å²) in [6, 6.07) is 4.04. The fourth-order valence-corrected chi connectivity index (χ4v) is 1.99. The number of primary amides is 1. The van der Waals surface area contributed by atoms with Gasteiger partial charge in [0.1, 0.15) is 6.04 Å². The molecule has 2 amide bonds. The van der Waals surface area contributed by atoms with E-state index in [1.165, 1.54) is 6.92 Å². The second-order valence-electron chi connectivity index (χ2n) is 5.25. The van der Waals surface area contributed by atoms with Gasteiger partial charge in [0.05, 0.1) is 11.6 Å². The predicted octanol–water partition coefficient (Wildman–Crippen LogP) is 1.26. The number of aliphatic hydroxyl groups is 1. The van der Waals surface area contributed by atoms with Crippen molar-refractivity contribution >= 4 is 11.8 Å². The molecule has 9 heteroatoms. The number of halogens is 3. The van der Waals surface area contributed by atoms with Crippen molar-refractivity contribution in [3.63, 3.8) is 0 Å². The average Bonchev–Trinajstić information content (AvgIpc) is 2.50. The van der Waals surface area contributed by atoms with Crippen molar-refractivity contribution in [3.05, 3.63) is 35.4 Å². The van der Waals surface area contributed by atoms with Crippen LogP contribution in [0.4, 0.5) is 13.2 Å². The van der Waals surface area contributed by atoms with Crippen molar-refractivity contribution in [2.75, 3.05) is 0 Å². The molecule has 0 unspecified atom stereocenters. The summed E-state index contributed by atoms with van der Waals surface area (Å²) in [5.74, 6) is -2.47. The predicted molar refractivity (Wildman–Crippen MR) is 76.9 cm³/mol. The van der Waals surface area contributed by atoms with Crippen molar-refractivity contribution in [1.82, 2.24) is 5.32 Å². The molecule has 0 saturated carbocycles. The lowest BCUT2D eigenvalue weighted by molar-refractivity contribution is -0.137. The second kappa shape index (κ2) is 7.79. The Labute approximate surface area is 136 Å². The molecule has 130 valence electrons. The fraction of sp³-hybridized carbons (Fsp3) is 0.400. The maximum Gasteiger partial charge on any atom is 0.416 e. The van der Waals surface area contributed by atoms with Crippen molar-refractivity contribution in [3.8, 4) is 6.07 Å². The van der Waals surface area contributed by atoms with Crippen LogP contribution >= 0.6 is 0 Å². The molecule has 0 saturated heterocycles. The summed E-state index contributed by atoms with van der Waals surface area (Å²) < 4.78 is 37.4. The number of carbonyl (C=O) groups is 2. The monoisotopic (exact) mass is 343 g/mol. The Hall–Kier alpha value is -2.60. The molecule has 0 heterocycles. The minimum Gasteiger partial charge on any atom is -0.378 e. The van der Waals surface area contributed by atoms with Gasteiger partial charge in [-0.2, -0.15) is 18.4 Å². The van der Waals surface area contributed by atoms with Gasteiger partial charge in [0.25, 0.3) is 5.91 Å². The number of alkyl halides is 3. The summed E-state index contributed by atoms with van der Waals surface area (Å²) >= 11 is 0. The molecule has 24 heavy (non-hydrogen) atoms. The van der Waals surface area contributed by atoms with Gasteiger partial charge in [-0.25, -0.2) is 0 Å². The van der Waals surface area contributed by atoms with Crippen LogP contribution < -0.4 is 11.1 Å². The number of aliphatic hydroxyl groups excluding tert-OH is 1. The average molecular weight is 343 g/mol.